The molecule has 2 aromatic rings. The number of halogens is 3. The summed E-state index contributed by atoms with van der Waals surface area (Å²) < 4.78 is 5.34. The number of carbonyl (C=O) groups is 1. The molecule has 6 heteroatoms. The van der Waals surface area contributed by atoms with Crippen molar-refractivity contribution in [3.8, 4) is 5.75 Å². The van der Waals surface area contributed by atoms with Crippen molar-refractivity contribution in [2.75, 3.05) is 6.61 Å². The van der Waals surface area contributed by atoms with Crippen LogP contribution in [0.3, 0.4) is 0 Å². The van der Waals surface area contributed by atoms with Crippen LogP contribution in [0.15, 0.2) is 42.5 Å². The predicted octanol–water partition coefficient (Wildman–Crippen LogP) is 4.34. The van der Waals surface area contributed by atoms with Crippen molar-refractivity contribution in [3.63, 3.8) is 0 Å². The van der Waals surface area contributed by atoms with Gasteiger partial charge >= 0.3 is 0 Å². The van der Waals surface area contributed by atoms with Gasteiger partial charge in [0.25, 0.3) is 5.91 Å². The zero-order valence-electron chi connectivity index (χ0n) is 10.9. The van der Waals surface area contributed by atoms with E-state index in [1.807, 2.05) is 0 Å². The van der Waals surface area contributed by atoms with Crippen LogP contribution < -0.4 is 10.1 Å². The topological polar surface area (TPSA) is 38.3 Å². The molecule has 110 valence electrons. The summed E-state index contributed by atoms with van der Waals surface area (Å²) >= 11 is 17.7. The third kappa shape index (κ3) is 5.12. The molecule has 0 spiro atoms. The zero-order valence-corrected chi connectivity index (χ0v) is 13.2. The van der Waals surface area contributed by atoms with E-state index in [0.717, 1.165) is 5.56 Å². The summed E-state index contributed by atoms with van der Waals surface area (Å²) in [6, 6.07) is 12.0. The van der Waals surface area contributed by atoms with E-state index in [0.29, 0.717) is 27.4 Å². The summed E-state index contributed by atoms with van der Waals surface area (Å²) in [4.78, 5) is 11.7. The van der Waals surface area contributed by atoms with Crippen LogP contribution in [0, 0.1) is 0 Å². The molecule has 1 N–H and O–H groups in total. The second kappa shape index (κ2) is 7.55. The Labute approximate surface area is 137 Å². The Morgan fingerprint density at radius 2 is 1.81 bits per heavy atom. The smallest absolute Gasteiger partial charge is 0.258 e. The minimum atomic E-state index is -0.249. The second-order valence-corrected chi connectivity index (χ2v) is 5.54. The monoisotopic (exact) mass is 343 g/mol. The van der Waals surface area contributed by atoms with Crippen LogP contribution in [0.2, 0.25) is 15.1 Å². The molecule has 21 heavy (non-hydrogen) atoms. The lowest BCUT2D eigenvalue weighted by Crippen LogP contribution is -2.28. The molecule has 0 heterocycles. The minimum absolute atomic E-state index is 0.0917. The van der Waals surface area contributed by atoms with Gasteiger partial charge in [0, 0.05) is 21.6 Å². The summed E-state index contributed by atoms with van der Waals surface area (Å²) in [7, 11) is 0. The van der Waals surface area contributed by atoms with Gasteiger partial charge in [0.05, 0.1) is 0 Å². The Balaban J connectivity index is 1.82. The summed E-state index contributed by atoms with van der Waals surface area (Å²) in [6.45, 7) is 0.222. The van der Waals surface area contributed by atoms with Gasteiger partial charge in [-0.15, -0.1) is 0 Å². The average molecular weight is 345 g/mol. The molecule has 0 fully saturated rings. The lowest BCUT2D eigenvalue weighted by Gasteiger charge is -2.09. The van der Waals surface area contributed by atoms with Gasteiger partial charge in [-0.3, -0.25) is 4.79 Å². The van der Waals surface area contributed by atoms with Crippen LogP contribution in [0.25, 0.3) is 0 Å². The van der Waals surface area contributed by atoms with E-state index in [-0.39, 0.29) is 12.5 Å². The summed E-state index contributed by atoms with van der Waals surface area (Å²) in [5, 5.41) is 4.34. The molecule has 0 aliphatic rings. The maximum Gasteiger partial charge on any atom is 0.258 e. The predicted molar refractivity (Wildman–Crippen MR) is 85.3 cm³/mol. The number of nitrogens with one attached hydrogen (secondary N) is 1. The standard InChI is InChI=1S/C15H12Cl3NO2/c16-11-2-1-3-13(6-11)21-9-15(20)19-8-10-4-5-12(17)7-14(10)18/h1-7H,8-9H2,(H,19,20). The summed E-state index contributed by atoms with van der Waals surface area (Å²) in [6.07, 6.45) is 0. The van der Waals surface area contributed by atoms with Crippen molar-refractivity contribution in [2.45, 2.75) is 6.54 Å². The average Bonchev–Trinajstić information content (AvgIpc) is 2.44. The number of hydrogen-bond donors (Lipinski definition) is 1. The number of benzene rings is 2. The number of carbonyl (C=O) groups excluding carboxylic acids is 1. The van der Waals surface area contributed by atoms with Crippen molar-refractivity contribution in [1.29, 1.82) is 0 Å². The van der Waals surface area contributed by atoms with Crippen molar-refractivity contribution >= 4 is 40.7 Å². The first-order valence-corrected chi connectivity index (χ1v) is 7.27. The molecule has 0 atom stereocenters. The Hall–Kier alpha value is -1.42. The van der Waals surface area contributed by atoms with Crippen molar-refractivity contribution < 1.29 is 9.53 Å². The molecule has 0 radical (unpaired) electrons. The van der Waals surface area contributed by atoms with Crippen LogP contribution in [0.4, 0.5) is 0 Å². The Morgan fingerprint density at radius 1 is 1.05 bits per heavy atom. The fourth-order valence-corrected chi connectivity index (χ4v) is 2.27. The van der Waals surface area contributed by atoms with E-state index < -0.39 is 0 Å². The fraction of sp³-hybridized carbons (Fsp3) is 0.133. The maximum absolute atomic E-state index is 11.7. The Kier molecular flexibility index (Phi) is 5.74. The molecule has 0 saturated carbocycles. The lowest BCUT2D eigenvalue weighted by molar-refractivity contribution is -0.123. The lowest BCUT2D eigenvalue weighted by atomic mass is 10.2. The molecular weight excluding hydrogens is 333 g/mol. The molecule has 1 amide bonds. The molecule has 0 saturated heterocycles. The van der Waals surface area contributed by atoms with Crippen LogP contribution in [0.5, 0.6) is 5.75 Å². The van der Waals surface area contributed by atoms with Gasteiger partial charge in [-0.25, -0.2) is 0 Å². The van der Waals surface area contributed by atoms with Gasteiger partial charge in [-0.05, 0) is 35.9 Å². The zero-order chi connectivity index (χ0) is 15.2. The van der Waals surface area contributed by atoms with Crippen LogP contribution >= 0.6 is 34.8 Å². The van der Waals surface area contributed by atoms with Crippen LogP contribution in [-0.4, -0.2) is 12.5 Å². The minimum Gasteiger partial charge on any atom is -0.484 e. The molecule has 0 unspecified atom stereocenters. The second-order valence-electron chi connectivity index (χ2n) is 4.26. The third-order valence-corrected chi connectivity index (χ3v) is 3.48. The van der Waals surface area contributed by atoms with Gasteiger partial charge in [0.2, 0.25) is 0 Å². The molecule has 2 aromatic carbocycles. The highest BCUT2D eigenvalue weighted by Crippen LogP contribution is 2.20. The maximum atomic E-state index is 11.7. The first-order valence-electron chi connectivity index (χ1n) is 6.13. The molecular formula is C15H12Cl3NO2. The Bertz CT molecular complexity index is 647. The van der Waals surface area contributed by atoms with Crippen molar-refractivity contribution in [1.82, 2.24) is 5.32 Å². The summed E-state index contributed by atoms with van der Waals surface area (Å²) in [5.74, 6) is 0.295. The normalized spacial score (nSPS) is 10.2. The van der Waals surface area contributed by atoms with Gasteiger partial charge in [-0.2, -0.15) is 0 Å². The van der Waals surface area contributed by atoms with Crippen LogP contribution in [-0.2, 0) is 11.3 Å². The molecule has 2 rings (SSSR count). The number of rotatable bonds is 5. The number of hydrogen-bond acceptors (Lipinski definition) is 2. The van der Waals surface area contributed by atoms with E-state index >= 15 is 0 Å². The first kappa shape index (κ1) is 16.0. The van der Waals surface area contributed by atoms with Gasteiger partial charge in [0.1, 0.15) is 5.75 Å². The third-order valence-electron chi connectivity index (χ3n) is 2.66. The highest BCUT2D eigenvalue weighted by Gasteiger charge is 2.06. The van der Waals surface area contributed by atoms with Gasteiger partial charge < -0.3 is 10.1 Å². The van der Waals surface area contributed by atoms with E-state index in [9.17, 15) is 4.79 Å². The van der Waals surface area contributed by atoms with Crippen molar-refractivity contribution in [2.24, 2.45) is 0 Å². The number of amides is 1. The fourth-order valence-electron chi connectivity index (χ4n) is 1.62. The SMILES string of the molecule is O=C(COc1cccc(Cl)c1)NCc1ccc(Cl)cc1Cl. The molecule has 0 aliphatic heterocycles. The van der Waals surface area contributed by atoms with Crippen molar-refractivity contribution in [3.05, 3.63) is 63.1 Å². The Morgan fingerprint density at radius 3 is 2.52 bits per heavy atom. The largest absolute Gasteiger partial charge is 0.484 e. The highest BCUT2D eigenvalue weighted by molar-refractivity contribution is 6.35. The van der Waals surface area contributed by atoms with E-state index in [1.165, 1.54) is 0 Å². The molecule has 3 nitrogen and oxygen atoms in total. The molecule has 0 bridgehead atoms. The first-order chi connectivity index (χ1) is 10.0. The quantitative estimate of drug-likeness (QED) is 0.876. The molecule has 0 aliphatic carbocycles. The van der Waals surface area contributed by atoms with E-state index in [1.54, 1.807) is 42.5 Å². The van der Waals surface area contributed by atoms with Crippen LogP contribution in [0.1, 0.15) is 5.56 Å². The summed E-state index contributed by atoms with van der Waals surface area (Å²) in [5.41, 5.74) is 0.789. The van der Waals surface area contributed by atoms with Gasteiger partial charge in [-0.1, -0.05) is 46.9 Å². The molecule has 0 aromatic heterocycles. The highest BCUT2D eigenvalue weighted by atomic mass is 35.5. The van der Waals surface area contributed by atoms with Gasteiger partial charge in [0.15, 0.2) is 6.61 Å². The van der Waals surface area contributed by atoms with E-state index in [2.05, 4.69) is 5.32 Å². The van der Waals surface area contributed by atoms with E-state index in [4.69, 9.17) is 39.5 Å². The number of ether oxygens (including phenoxy) is 1.